The van der Waals surface area contributed by atoms with Crippen molar-refractivity contribution in [1.29, 1.82) is 0 Å². The molecule has 0 saturated carbocycles. The van der Waals surface area contributed by atoms with Crippen molar-refractivity contribution in [3.05, 3.63) is 76.0 Å². The molecule has 0 saturated heterocycles. The number of carbonyl (C=O) groups excluding carboxylic acids is 2. The highest BCUT2D eigenvalue weighted by atomic mass is 79.9. The Morgan fingerprint density at radius 2 is 1.92 bits per heavy atom. The fraction of sp³-hybridized carbons (Fsp3) is 0.370. The van der Waals surface area contributed by atoms with E-state index in [4.69, 9.17) is 19.2 Å². The van der Waals surface area contributed by atoms with Crippen LogP contribution in [0.4, 0.5) is 4.79 Å². The smallest absolute Gasteiger partial charge is 0.431 e. The molecular formula is C27H29BrN4O5. The zero-order valence-electron chi connectivity index (χ0n) is 21.2. The summed E-state index contributed by atoms with van der Waals surface area (Å²) >= 11 is 3.58. The topological polar surface area (TPSA) is 105 Å². The maximum atomic E-state index is 12.5. The normalized spacial score (nSPS) is 15.2. The summed E-state index contributed by atoms with van der Waals surface area (Å²) in [6.45, 7) is 7.10. The summed E-state index contributed by atoms with van der Waals surface area (Å²) in [6, 6.07) is 11.3. The highest BCUT2D eigenvalue weighted by Crippen LogP contribution is 2.34. The van der Waals surface area contributed by atoms with Crippen LogP contribution in [0.3, 0.4) is 0 Å². The minimum Gasteiger partial charge on any atom is -0.431 e. The lowest BCUT2D eigenvalue weighted by Gasteiger charge is -2.16. The molecule has 0 fully saturated rings. The van der Waals surface area contributed by atoms with Crippen molar-refractivity contribution in [1.82, 2.24) is 14.5 Å². The number of fused-ring (bicyclic) bond motifs is 3. The molecule has 0 radical (unpaired) electrons. The Balaban J connectivity index is 1.52. The van der Waals surface area contributed by atoms with E-state index in [1.54, 1.807) is 19.3 Å². The number of imidazole rings is 1. The largest absolute Gasteiger partial charge is 0.511 e. The quantitative estimate of drug-likeness (QED) is 0.253. The van der Waals surface area contributed by atoms with E-state index in [0.29, 0.717) is 12.1 Å². The number of rotatable bonds is 8. The average Bonchev–Trinajstić information content (AvgIpc) is 3.19. The molecule has 3 aromatic rings. The third-order valence-corrected chi connectivity index (χ3v) is 6.64. The van der Waals surface area contributed by atoms with Crippen molar-refractivity contribution in [3.63, 3.8) is 0 Å². The highest BCUT2D eigenvalue weighted by Gasteiger charge is 2.28. The number of hydrogen-bond acceptors (Lipinski definition) is 8. The van der Waals surface area contributed by atoms with E-state index in [9.17, 15) is 9.59 Å². The van der Waals surface area contributed by atoms with E-state index in [1.807, 2.05) is 57.2 Å². The fourth-order valence-corrected chi connectivity index (χ4v) is 4.23. The van der Waals surface area contributed by atoms with Gasteiger partial charge in [-0.3, -0.25) is 19.3 Å². The Kier molecular flexibility index (Phi) is 8.38. The van der Waals surface area contributed by atoms with E-state index < -0.39 is 25.0 Å². The van der Waals surface area contributed by atoms with Crippen molar-refractivity contribution in [3.8, 4) is 5.69 Å². The number of hydrogen-bond donors (Lipinski definition) is 0. The molecule has 0 N–H and O–H groups in total. The van der Waals surface area contributed by atoms with E-state index in [-0.39, 0.29) is 18.4 Å². The van der Waals surface area contributed by atoms with Gasteiger partial charge in [-0.1, -0.05) is 35.8 Å². The van der Waals surface area contributed by atoms with Gasteiger partial charge in [-0.25, -0.2) is 9.78 Å². The maximum absolute atomic E-state index is 12.5. The van der Waals surface area contributed by atoms with Crippen LogP contribution < -0.4 is 0 Å². The lowest BCUT2D eigenvalue weighted by molar-refractivity contribution is -0.154. The van der Waals surface area contributed by atoms with Gasteiger partial charge in [0.25, 0.3) is 0 Å². The Hall–Kier alpha value is -3.53. The standard InChI is InChI=1S/C27H29BrN4O5/c1-16(2)18(4)37-27(34)36-15-35-24(33)11-9-22-26-30-14-17(3)32(26)23-10-8-19(28)13-20(23)25(31-22)21-7-5-6-12-29-21/h5-8,10,12-14,16,18,22H,9,11,15H2,1-4H3/t18?,22-/m0/s1. The molecule has 9 nitrogen and oxygen atoms in total. The molecular weight excluding hydrogens is 540 g/mol. The first-order chi connectivity index (χ1) is 17.7. The summed E-state index contributed by atoms with van der Waals surface area (Å²) in [5.74, 6) is 0.357. The molecule has 0 bridgehead atoms. The molecule has 0 aliphatic carbocycles. The molecule has 2 atom stereocenters. The third kappa shape index (κ3) is 6.25. The fourth-order valence-electron chi connectivity index (χ4n) is 3.87. The summed E-state index contributed by atoms with van der Waals surface area (Å²) in [5, 5.41) is 0. The average molecular weight is 569 g/mol. The van der Waals surface area contributed by atoms with Crippen LogP contribution >= 0.6 is 15.9 Å². The van der Waals surface area contributed by atoms with Crippen LogP contribution in [0.15, 0.2) is 58.3 Å². The Morgan fingerprint density at radius 3 is 2.65 bits per heavy atom. The van der Waals surface area contributed by atoms with Gasteiger partial charge in [0, 0.05) is 34.5 Å². The van der Waals surface area contributed by atoms with Gasteiger partial charge < -0.3 is 14.2 Å². The predicted octanol–water partition coefficient (Wildman–Crippen LogP) is 5.71. The number of ether oxygens (including phenoxy) is 3. The second kappa shape index (κ2) is 11.7. The molecule has 1 unspecified atom stereocenters. The molecule has 3 heterocycles. The number of aryl methyl sites for hydroxylation is 1. The van der Waals surface area contributed by atoms with Gasteiger partial charge in [-0.05, 0) is 56.5 Å². The number of aliphatic imine (C=N–C) groups is 1. The van der Waals surface area contributed by atoms with Gasteiger partial charge in [0.1, 0.15) is 18.0 Å². The van der Waals surface area contributed by atoms with Gasteiger partial charge in [0.05, 0.1) is 17.1 Å². The molecule has 0 spiro atoms. The minimum atomic E-state index is -0.871. The number of aromatic nitrogens is 3. The molecule has 1 aliphatic heterocycles. The second-order valence-electron chi connectivity index (χ2n) is 9.10. The van der Waals surface area contributed by atoms with Crippen molar-refractivity contribution in [2.24, 2.45) is 10.9 Å². The minimum absolute atomic E-state index is 0.0520. The maximum Gasteiger partial charge on any atom is 0.511 e. The van der Waals surface area contributed by atoms with Gasteiger partial charge in [0.2, 0.25) is 6.79 Å². The number of pyridine rings is 1. The molecule has 1 aromatic carbocycles. The number of nitrogens with zero attached hydrogens (tertiary/aromatic N) is 4. The first-order valence-corrected chi connectivity index (χ1v) is 12.9. The molecule has 0 amide bonds. The van der Waals surface area contributed by atoms with E-state index in [0.717, 1.165) is 32.9 Å². The highest BCUT2D eigenvalue weighted by molar-refractivity contribution is 9.10. The summed E-state index contributed by atoms with van der Waals surface area (Å²) in [7, 11) is 0. The van der Waals surface area contributed by atoms with Crippen LogP contribution in [0.5, 0.6) is 0 Å². The first-order valence-electron chi connectivity index (χ1n) is 12.1. The van der Waals surface area contributed by atoms with Gasteiger partial charge in [0.15, 0.2) is 0 Å². The summed E-state index contributed by atoms with van der Waals surface area (Å²) in [5.41, 5.74) is 4.23. The van der Waals surface area contributed by atoms with Gasteiger partial charge >= 0.3 is 12.1 Å². The molecule has 4 rings (SSSR count). The van der Waals surface area contributed by atoms with Crippen molar-refractivity contribution in [2.45, 2.75) is 52.7 Å². The zero-order valence-corrected chi connectivity index (χ0v) is 22.8. The number of carbonyl (C=O) groups is 2. The lowest BCUT2D eigenvalue weighted by atomic mass is 10.0. The Labute approximate surface area is 224 Å². The monoisotopic (exact) mass is 568 g/mol. The number of esters is 1. The van der Waals surface area contributed by atoms with Crippen LogP contribution in [0.2, 0.25) is 0 Å². The SMILES string of the molecule is Cc1cnc2n1-c1ccc(Br)cc1C(c1ccccn1)=N[C@H]2CCC(=O)OCOC(=O)OC(C)C(C)C. The number of benzene rings is 1. The van der Waals surface area contributed by atoms with Gasteiger partial charge in [-0.15, -0.1) is 0 Å². The molecule has 2 aromatic heterocycles. The van der Waals surface area contributed by atoms with Crippen LogP contribution in [0.1, 0.15) is 62.4 Å². The van der Waals surface area contributed by atoms with Crippen molar-refractivity contribution < 1.29 is 23.8 Å². The van der Waals surface area contributed by atoms with Gasteiger partial charge in [-0.2, -0.15) is 0 Å². The molecule has 1 aliphatic rings. The van der Waals surface area contributed by atoms with E-state index in [1.165, 1.54) is 0 Å². The molecule has 37 heavy (non-hydrogen) atoms. The second-order valence-corrected chi connectivity index (χ2v) is 10.0. The van der Waals surface area contributed by atoms with Crippen LogP contribution in [0.25, 0.3) is 5.69 Å². The lowest BCUT2D eigenvalue weighted by Crippen LogP contribution is -2.22. The zero-order chi connectivity index (χ0) is 26.5. The summed E-state index contributed by atoms with van der Waals surface area (Å²) in [4.78, 5) is 38.4. The first kappa shape index (κ1) is 26.5. The summed E-state index contributed by atoms with van der Waals surface area (Å²) in [6.07, 6.45) is 2.74. The number of halogens is 1. The third-order valence-electron chi connectivity index (χ3n) is 6.15. The van der Waals surface area contributed by atoms with Crippen LogP contribution in [-0.4, -0.2) is 45.3 Å². The van der Waals surface area contributed by atoms with Crippen LogP contribution in [0, 0.1) is 12.8 Å². The van der Waals surface area contributed by atoms with Crippen LogP contribution in [-0.2, 0) is 19.0 Å². The predicted molar refractivity (Wildman–Crippen MR) is 141 cm³/mol. The van der Waals surface area contributed by atoms with Crippen molar-refractivity contribution in [2.75, 3.05) is 6.79 Å². The molecule has 194 valence electrons. The van der Waals surface area contributed by atoms with E-state index in [2.05, 4.69) is 30.5 Å². The van der Waals surface area contributed by atoms with E-state index >= 15 is 0 Å². The summed E-state index contributed by atoms with van der Waals surface area (Å²) < 4.78 is 18.1. The van der Waals surface area contributed by atoms with Crippen molar-refractivity contribution >= 4 is 33.8 Å². The Morgan fingerprint density at radius 1 is 1.11 bits per heavy atom. The molecule has 10 heteroatoms. The Bertz CT molecular complexity index is 1310.